The fraction of sp³-hybridized carbons (Fsp3) is 0.286. The molecule has 0 spiro atoms. The maximum Gasteiger partial charge on any atom is 0.269 e. The molecule has 0 radical (unpaired) electrons. The van der Waals surface area contributed by atoms with E-state index in [1.54, 1.807) is 12.1 Å². The molecular formula is C14H15Cl2N5O2. The highest BCUT2D eigenvalue weighted by Gasteiger charge is 2.13. The molecule has 1 N–H and O–H groups in total. The van der Waals surface area contributed by atoms with Gasteiger partial charge >= 0.3 is 0 Å². The first-order valence-electron chi connectivity index (χ1n) is 6.70. The Bertz CT molecular complexity index is 684. The molecule has 7 nitrogen and oxygen atoms in total. The number of nitrogens with zero attached hydrogens (tertiary/aromatic N) is 4. The molecule has 0 unspecified atom stereocenters. The second kappa shape index (κ2) is 7.54. The van der Waals surface area contributed by atoms with E-state index in [1.165, 1.54) is 12.1 Å². The molecule has 1 aromatic carbocycles. The van der Waals surface area contributed by atoms with Gasteiger partial charge in [0.1, 0.15) is 10.3 Å². The summed E-state index contributed by atoms with van der Waals surface area (Å²) in [6.45, 7) is 0.550. The van der Waals surface area contributed by atoms with Gasteiger partial charge in [-0.15, -0.1) is 0 Å². The second-order valence-electron chi connectivity index (χ2n) is 5.12. The first-order chi connectivity index (χ1) is 10.9. The maximum absolute atomic E-state index is 10.7. The SMILES string of the molecule is CN(C)CNc1nc(Cl)c(Cc2ccc([N+](=O)[O-])cc2)c(Cl)n1. The van der Waals surface area contributed by atoms with E-state index in [9.17, 15) is 10.1 Å². The summed E-state index contributed by atoms with van der Waals surface area (Å²) in [5.74, 6) is 0.348. The van der Waals surface area contributed by atoms with Gasteiger partial charge in [0, 0.05) is 24.1 Å². The predicted molar refractivity (Wildman–Crippen MR) is 90.1 cm³/mol. The zero-order valence-corrected chi connectivity index (χ0v) is 14.1. The van der Waals surface area contributed by atoms with Gasteiger partial charge in [-0.3, -0.25) is 15.0 Å². The average molecular weight is 356 g/mol. The van der Waals surface area contributed by atoms with E-state index < -0.39 is 4.92 Å². The number of hydrogen-bond donors (Lipinski definition) is 1. The number of hydrogen-bond acceptors (Lipinski definition) is 6. The van der Waals surface area contributed by atoms with Gasteiger partial charge in [0.05, 0.1) is 11.6 Å². The molecule has 0 saturated carbocycles. The van der Waals surface area contributed by atoms with Crippen LogP contribution in [0.4, 0.5) is 11.6 Å². The third-order valence-corrected chi connectivity index (χ3v) is 3.61. The highest BCUT2D eigenvalue weighted by Crippen LogP contribution is 2.26. The van der Waals surface area contributed by atoms with Crippen LogP contribution in [0.1, 0.15) is 11.1 Å². The molecule has 0 saturated heterocycles. The summed E-state index contributed by atoms with van der Waals surface area (Å²) < 4.78 is 0. The van der Waals surface area contributed by atoms with Gasteiger partial charge in [-0.1, -0.05) is 35.3 Å². The van der Waals surface area contributed by atoms with E-state index in [4.69, 9.17) is 23.2 Å². The lowest BCUT2D eigenvalue weighted by atomic mass is 10.1. The number of rotatable bonds is 6. The van der Waals surface area contributed by atoms with E-state index in [0.717, 1.165) is 5.56 Å². The third-order valence-electron chi connectivity index (χ3n) is 2.99. The molecule has 1 aromatic heterocycles. The molecular weight excluding hydrogens is 341 g/mol. The van der Waals surface area contributed by atoms with Crippen LogP contribution in [0.3, 0.4) is 0 Å². The summed E-state index contributed by atoms with van der Waals surface area (Å²) in [4.78, 5) is 20.5. The normalized spacial score (nSPS) is 10.8. The molecule has 0 amide bonds. The first-order valence-corrected chi connectivity index (χ1v) is 7.46. The minimum absolute atomic E-state index is 0.0328. The molecule has 0 fully saturated rings. The molecule has 2 aromatic rings. The van der Waals surface area contributed by atoms with Crippen molar-refractivity contribution >= 4 is 34.8 Å². The van der Waals surface area contributed by atoms with Crippen molar-refractivity contribution in [1.29, 1.82) is 0 Å². The molecule has 1 heterocycles. The number of benzene rings is 1. The van der Waals surface area contributed by atoms with Gasteiger partial charge in [0.15, 0.2) is 0 Å². The molecule has 0 aliphatic heterocycles. The van der Waals surface area contributed by atoms with Gasteiger partial charge in [-0.05, 0) is 19.7 Å². The van der Waals surface area contributed by atoms with Gasteiger partial charge in [0.2, 0.25) is 5.95 Å². The summed E-state index contributed by atoms with van der Waals surface area (Å²) in [6.07, 6.45) is 0.392. The number of anilines is 1. The maximum atomic E-state index is 10.7. The van der Waals surface area contributed by atoms with Crippen LogP contribution in [0.25, 0.3) is 0 Å². The van der Waals surface area contributed by atoms with Crippen molar-refractivity contribution in [3.8, 4) is 0 Å². The zero-order chi connectivity index (χ0) is 17.0. The highest BCUT2D eigenvalue weighted by atomic mass is 35.5. The summed E-state index contributed by atoms with van der Waals surface area (Å²) in [5, 5.41) is 14.2. The molecule has 23 heavy (non-hydrogen) atoms. The second-order valence-corrected chi connectivity index (χ2v) is 5.84. The Morgan fingerprint density at radius 2 is 1.74 bits per heavy atom. The monoisotopic (exact) mass is 355 g/mol. The number of nitrogens with one attached hydrogen (secondary N) is 1. The zero-order valence-electron chi connectivity index (χ0n) is 12.6. The van der Waals surface area contributed by atoms with Crippen LogP contribution < -0.4 is 5.32 Å². The lowest BCUT2D eigenvalue weighted by molar-refractivity contribution is -0.384. The van der Waals surface area contributed by atoms with E-state index in [1.807, 2.05) is 19.0 Å². The highest BCUT2D eigenvalue weighted by molar-refractivity contribution is 6.34. The topological polar surface area (TPSA) is 84.2 Å². The number of halogens is 2. The molecule has 2 rings (SSSR count). The van der Waals surface area contributed by atoms with Crippen LogP contribution in [-0.4, -0.2) is 40.6 Å². The Morgan fingerprint density at radius 1 is 1.17 bits per heavy atom. The fourth-order valence-electron chi connectivity index (χ4n) is 1.82. The number of non-ortho nitro benzene ring substituents is 1. The number of nitro benzene ring substituents is 1. The minimum atomic E-state index is -0.446. The molecule has 0 aliphatic carbocycles. The van der Waals surface area contributed by atoms with Crippen molar-refractivity contribution in [2.24, 2.45) is 0 Å². The fourth-order valence-corrected chi connectivity index (χ4v) is 2.35. The summed E-state index contributed by atoms with van der Waals surface area (Å²) in [7, 11) is 3.80. The van der Waals surface area contributed by atoms with Crippen LogP contribution in [0.2, 0.25) is 10.3 Å². The lowest BCUT2D eigenvalue weighted by Crippen LogP contribution is -2.21. The van der Waals surface area contributed by atoms with Crippen molar-refractivity contribution in [2.45, 2.75) is 6.42 Å². The first kappa shape index (κ1) is 17.4. The van der Waals surface area contributed by atoms with Crippen LogP contribution >= 0.6 is 23.2 Å². The summed E-state index contributed by atoms with van der Waals surface area (Å²) in [5.41, 5.74) is 1.44. The van der Waals surface area contributed by atoms with Crippen LogP contribution in [-0.2, 0) is 6.42 Å². The van der Waals surface area contributed by atoms with Gasteiger partial charge in [0.25, 0.3) is 5.69 Å². The minimum Gasteiger partial charge on any atom is -0.341 e. The molecule has 0 bridgehead atoms. The molecule has 0 atom stereocenters. The summed E-state index contributed by atoms with van der Waals surface area (Å²) in [6, 6.07) is 6.18. The Hall–Kier alpha value is -1.96. The van der Waals surface area contributed by atoms with Crippen LogP contribution in [0, 0.1) is 10.1 Å². The average Bonchev–Trinajstić information content (AvgIpc) is 2.49. The van der Waals surface area contributed by atoms with Crippen molar-refractivity contribution in [1.82, 2.24) is 14.9 Å². The van der Waals surface area contributed by atoms with Crippen LogP contribution in [0.5, 0.6) is 0 Å². The van der Waals surface area contributed by atoms with Crippen molar-refractivity contribution in [3.63, 3.8) is 0 Å². The molecule has 0 aliphatic rings. The van der Waals surface area contributed by atoms with Crippen molar-refractivity contribution < 1.29 is 4.92 Å². The smallest absolute Gasteiger partial charge is 0.269 e. The van der Waals surface area contributed by atoms with Crippen LogP contribution in [0.15, 0.2) is 24.3 Å². The summed E-state index contributed by atoms with van der Waals surface area (Å²) >= 11 is 12.4. The van der Waals surface area contributed by atoms with E-state index >= 15 is 0 Å². The standard InChI is InChI=1S/C14H15Cl2N5O2/c1-20(2)8-17-14-18-12(15)11(13(16)19-14)7-9-3-5-10(6-4-9)21(22)23/h3-6H,7-8H2,1-2H3,(H,17,18,19). The Labute approximate surface area is 143 Å². The quantitative estimate of drug-likeness (QED) is 0.370. The number of aromatic nitrogens is 2. The van der Waals surface area contributed by atoms with E-state index in [2.05, 4.69) is 15.3 Å². The molecule has 122 valence electrons. The van der Waals surface area contributed by atoms with Gasteiger partial charge in [-0.25, -0.2) is 9.97 Å². The van der Waals surface area contributed by atoms with Gasteiger partial charge < -0.3 is 5.32 Å². The lowest BCUT2D eigenvalue weighted by Gasteiger charge is -2.13. The Kier molecular flexibility index (Phi) is 5.70. The van der Waals surface area contributed by atoms with Crippen molar-refractivity contribution in [3.05, 3.63) is 55.8 Å². The largest absolute Gasteiger partial charge is 0.341 e. The van der Waals surface area contributed by atoms with E-state index in [-0.39, 0.29) is 16.0 Å². The predicted octanol–water partition coefficient (Wildman–Crippen LogP) is 3.21. The third kappa shape index (κ3) is 4.75. The van der Waals surface area contributed by atoms with E-state index in [0.29, 0.717) is 24.6 Å². The number of nitro groups is 1. The van der Waals surface area contributed by atoms with Crippen molar-refractivity contribution in [2.75, 3.05) is 26.1 Å². The molecule has 9 heteroatoms. The Morgan fingerprint density at radius 3 is 2.22 bits per heavy atom. The van der Waals surface area contributed by atoms with Gasteiger partial charge in [-0.2, -0.15) is 0 Å². The Balaban J connectivity index is 2.18.